The van der Waals surface area contributed by atoms with E-state index in [0.29, 0.717) is 0 Å². The van der Waals surface area contributed by atoms with E-state index >= 15 is 0 Å². The van der Waals surface area contributed by atoms with E-state index in [9.17, 15) is 19.7 Å². The first-order chi connectivity index (χ1) is 13.8. The highest BCUT2D eigenvalue weighted by Crippen LogP contribution is 2.22. The van der Waals surface area contributed by atoms with Crippen molar-refractivity contribution >= 4 is 17.6 Å². The topological polar surface area (TPSA) is 127 Å². The van der Waals surface area contributed by atoms with Gasteiger partial charge in [-0.05, 0) is 32.0 Å². The van der Waals surface area contributed by atoms with Gasteiger partial charge in [-0.1, -0.05) is 18.2 Å². The standard InChI is InChI=1S/C20H18N4O5/c1-12(18-11-21-23(13(18)2)16-6-4-3-5-7-16)22-19(25)14-8-15(20(26)27)10-17(9-14)24(28)29/h3-12H,1-2H3,(H,22,25)(H,26,27)/t12-/m1/s1. The number of aromatic carboxylic acids is 1. The maximum atomic E-state index is 12.6. The van der Waals surface area contributed by atoms with Crippen LogP contribution in [-0.4, -0.2) is 31.7 Å². The summed E-state index contributed by atoms with van der Waals surface area (Å²) >= 11 is 0. The van der Waals surface area contributed by atoms with Gasteiger partial charge in [-0.15, -0.1) is 0 Å². The van der Waals surface area contributed by atoms with Crippen molar-refractivity contribution in [3.63, 3.8) is 0 Å². The molecule has 0 radical (unpaired) electrons. The molecule has 0 saturated carbocycles. The normalized spacial score (nSPS) is 11.7. The molecule has 0 bridgehead atoms. The second-order valence-electron chi connectivity index (χ2n) is 6.46. The van der Waals surface area contributed by atoms with Crippen LogP contribution in [0.4, 0.5) is 5.69 Å². The molecule has 3 aromatic rings. The van der Waals surface area contributed by atoms with Crippen LogP contribution >= 0.6 is 0 Å². The first-order valence-corrected chi connectivity index (χ1v) is 8.71. The van der Waals surface area contributed by atoms with Crippen molar-refractivity contribution in [2.24, 2.45) is 0 Å². The number of non-ortho nitro benzene ring substituents is 1. The lowest BCUT2D eigenvalue weighted by molar-refractivity contribution is -0.384. The SMILES string of the molecule is Cc1c([C@@H](C)NC(=O)c2cc(C(=O)O)cc([N+](=O)[O-])c2)cnn1-c1ccccc1. The van der Waals surface area contributed by atoms with Gasteiger partial charge >= 0.3 is 5.97 Å². The molecule has 1 amide bonds. The molecule has 9 nitrogen and oxygen atoms in total. The maximum absolute atomic E-state index is 12.6. The molecule has 0 aliphatic heterocycles. The molecule has 0 unspecified atom stereocenters. The van der Waals surface area contributed by atoms with Crippen molar-refractivity contribution in [1.82, 2.24) is 15.1 Å². The first-order valence-electron chi connectivity index (χ1n) is 8.71. The zero-order chi connectivity index (χ0) is 21.1. The van der Waals surface area contributed by atoms with E-state index in [0.717, 1.165) is 35.1 Å². The molecule has 0 aliphatic rings. The maximum Gasteiger partial charge on any atom is 0.335 e. The largest absolute Gasteiger partial charge is 0.478 e. The van der Waals surface area contributed by atoms with Crippen molar-refractivity contribution in [3.05, 3.63) is 87.2 Å². The van der Waals surface area contributed by atoms with Crippen LogP contribution in [-0.2, 0) is 0 Å². The average Bonchev–Trinajstić information content (AvgIpc) is 3.09. The van der Waals surface area contributed by atoms with E-state index < -0.39 is 28.5 Å². The highest BCUT2D eigenvalue weighted by Gasteiger charge is 2.21. The minimum Gasteiger partial charge on any atom is -0.478 e. The lowest BCUT2D eigenvalue weighted by atomic mass is 10.1. The summed E-state index contributed by atoms with van der Waals surface area (Å²) in [6.45, 7) is 3.63. The number of nitro benzene ring substituents is 1. The number of carboxylic acids is 1. The van der Waals surface area contributed by atoms with Crippen LogP contribution in [0.15, 0.2) is 54.7 Å². The molecule has 0 fully saturated rings. The first kappa shape index (κ1) is 19.7. The van der Waals surface area contributed by atoms with Gasteiger partial charge in [-0.2, -0.15) is 5.10 Å². The van der Waals surface area contributed by atoms with Crippen LogP contribution in [0.1, 0.15) is 44.9 Å². The van der Waals surface area contributed by atoms with Crippen LogP contribution in [0.5, 0.6) is 0 Å². The van der Waals surface area contributed by atoms with Crippen molar-refractivity contribution in [2.45, 2.75) is 19.9 Å². The fraction of sp³-hybridized carbons (Fsp3) is 0.150. The number of aromatic nitrogens is 2. The molecular formula is C20H18N4O5. The van der Waals surface area contributed by atoms with Gasteiger partial charge in [0.05, 0.1) is 28.4 Å². The number of nitrogens with one attached hydrogen (secondary N) is 1. The molecular weight excluding hydrogens is 376 g/mol. The summed E-state index contributed by atoms with van der Waals surface area (Å²) in [6.07, 6.45) is 1.64. The lowest BCUT2D eigenvalue weighted by Gasteiger charge is -2.14. The molecule has 29 heavy (non-hydrogen) atoms. The van der Waals surface area contributed by atoms with Crippen LogP contribution in [0.25, 0.3) is 5.69 Å². The minimum atomic E-state index is -1.35. The van der Waals surface area contributed by atoms with Crippen molar-refractivity contribution in [2.75, 3.05) is 0 Å². The van der Waals surface area contributed by atoms with Crippen LogP contribution in [0, 0.1) is 17.0 Å². The molecule has 3 rings (SSSR count). The molecule has 1 aromatic heterocycles. The Morgan fingerprint density at radius 3 is 2.45 bits per heavy atom. The Balaban J connectivity index is 1.86. The average molecular weight is 394 g/mol. The van der Waals surface area contributed by atoms with Gasteiger partial charge in [0.25, 0.3) is 11.6 Å². The van der Waals surface area contributed by atoms with Crippen molar-refractivity contribution in [3.8, 4) is 5.69 Å². The molecule has 0 aliphatic carbocycles. The number of hydrogen-bond acceptors (Lipinski definition) is 5. The summed E-state index contributed by atoms with van der Waals surface area (Å²) in [6, 6.07) is 12.1. The predicted molar refractivity (Wildman–Crippen MR) is 104 cm³/mol. The molecule has 1 atom stereocenters. The Morgan fingerprint density at radius 2 is 1.83 bits per heavy atom. The van der Waals surface area contributed by atoms with Crippen molar-refractivity contribution in [1.29, 1.82) is 0 Å². The molecule has 2 aromatic carbocycles. The van der Waals surface area contributed by atoms with Gasteiger partial charge in [0.15, 0.2) is 0 Å². The highest BCUT2D eigenvalue weighted by molar-refractivity contribution is 5.98. The van der Waals surface area contributed by atoms with E-state index in [4.69, 9.17) is 5.11 Å². The smallest absolute Gasteiger partial charge is 0.335 e. The Hall–Kier alpha value is -4.01. The Labute approximate surface area is 165 Å². The van der Waals surface area contributed by atoms with Gasteiger partial charge in [0.1, 0.15) is 0 Å². The predicted octanol–water partition coefficient (Wildman–Crippen LogP) is 3.28. The minimum absolute atomic E-state index is 0.100. The fourth-order valence-corrected chi connectivity index (χ4v) is 3.01. The van der Waals surface area contributed by atoms with Crippen LogP contribution in [0.3, 0.4) is 0 Å². The zero-order valence-corrected chi connectivity index (χ0v) is 15.7. The summed E-state index contributed by atoms with van der Waals surface area (Å²) < 4.78 is 1.74. The molecule has 9 heteroatoms. The number of hydrogen-bond donors (Lipinski definition) is 2. The third kappa shape index (κ3) is 4.13. The Bertz CT molecular complexity index is 1060. The number of nitrogens with zero attached hydrogens (tertiary/aromatic N) is 3. The second-order valence-corrected chi connectivity index (χ2v) is 6.46. The number of rotatable bonds is 6. The molecule has 2 N–H and O–H groups in total. The number of carbonyl (C=O) groups is 2. The fourth-order valence-electron chi connectivity index (χ4n) is 3.01. The van der Waals surface area contributed by atoms with Gasteiger partial charge in [0.2, 0.25) is 0 Å². The Morgan fingerprint density at radius 1 is 1.17 bits per heavy atom. The van der Waals surface area contributed by atoms with Gasteiger partial charge in [0, 0.05) is 29.0 Å². The van der Waals surface area contributed by atoms with Gasteiger partial charge in [-0.3, -0.25) is 14.9 Å². The summed E-state index contributed by atoms with van der Waals surface area (Å²) in [5.41, 5.74) is 1.58. The third-order valence-corrected chi connectivity index (χ3v) is 4.50. The van der Waals surface area contributed by atoms with Crippen LogP contribution in [0.2, 0.25) is 0 Å². The van der Waals surface area contributed by atoms with E-state index in [1.165, 1.54) is 0 Å². The lowest BCUT2D eigenvalue weighted by Crippen LogP contribution is -2.27. The quantitative estimate of drug-likeness (QED) is 0.488. The summed E-state index contributed by atoms with van der Waals surface area (Å²) in [5, 5.41) is 27.3. The van der Waals surface area contributed by atoms with Gasteiger partial charge < -0.3 is 10.4 Å². The van der Waals surface area contributed by atoms with E-state index in [1.54, 1.807) is 17.8 Å². The van der Waals surface area contributed by atoms with Gasteiger partial charge in [-0.25, -0.2) is 9.48 Å². The summed E-state index contributed by atoms with van der Waals surface area (Å²) in [7, 11) is 0. The summed E-state index contributed by atoms with van der Waals surface area (Å²) in [4.78, 5) is 34.1. The molecule has 1 heterocycles. The number of amides is 1. The third-order valence-electron chi connectivity index (χ3n) is 4.50. The molecule has 148 valence electrons. The molecule has 0 saturated heterocycles. The van der Waals surface area contributed by atoms with E-state index in [1.807, 2.05) is 37.3 Å². The summed E-state index contributed by atoms with van der Waals surface area (Å²) in [5.74, 6) is -1.97. The van der Waals surface area contributed by atoms with Crippen LogP contribution < -0.4 is 5.32 Å². The second kappa shape index (κ2) is 7.93. The van der Waals surface area contributed by atoms with E-state index in [2.05, 4.69) is 10.4 Å². The number of benzene rings is 2. The molecule has 0 spiro atoms. The number of carboxylic acid groups (broad SMARTS) is 1. The number of nitro groups is 1. The van der Waals surface area contributed by atoms with Crippen molar-refractivity contribution < 1.29 is 19.6 Å². The highest BCUT2D eigenvalue weighted by atomic mass is 16.6. The number of para-hydroxylation sites is 1. The number of carbonyl (C=O) groups excluding carboxylic acids is 1. The van der Waals surface area contributed by atoms with E-state index in [-0.39, 0.29) is 11.1 Å². The monoisotopic (exact) mass is 394 g/mol. The zero-order valence-electron chi connectivity index (χ0n) is 15.7. The Kier molecular flexibility index (Phi) is 5.40.